The fraction of sp³-hybridized carbons (Fsp3) is 0.0811. The van der Waals surface area contributed by atoms with Gasteiger partial charge >= 0.3 is 65.6 Å². The number of carbonyl (C=O) groups excluding carboxylic acids is 6. The lowest BCUT2D eigenvalue weighted by atomic mass is 9.52. The molecule has 1 unspecified atom stereocenters. The molecule has 18 nitrogen and oxygen atoms in total. The second-order valence-corrected chi connectivity index (χ2v) is 16.2. The highest BCUT2D eigenvalue weighted by Gasteiger charge is 2.82. The Morgan fingerprint density at radius 3 is 1.55 bits per heavy atom. The number of carbonyl (C=O) groups is 10. The standard InChI is InChI=1S/C37H10Br4F6O18/c38-12-4-8(5-13(39)23(12)62-25(48)7-1-2-9-10(3-7)27(50)64-26(9)49)36(37(46,47)34(60)61,35(31(54)55,32(56)57)33(58)59)17-21(44)18(40)24(19(41)22(17)45)63-28(51)11-6-14(42)15-16(20(11)43)30(53)65-29(15)52/h1-6H,(H,54,55)(H,56,57)(H,58,59)(H,60,61). The summed E-state index contributed by atoms with van der Waals surface area (Å²) in [4.78, 5) is 126. The van der Waals surface area contributed by atoms with Crippen LogP contribution in [0.15, 0.2) is 54.3 Å². The SMILES string of the molecule is O=C(Oc1c(Br)cc(C(c2c(F)c(Br)c(OC(=O)c3cc(F)c4c(c3F)C(=O)OC4=O)c(Br)c2F)(C(F)(F)C(=O)O)C(C(=O)O)(C(=O)O)C(=O)O)cc1Br)c1ccc2c(c1)C(=O)OC2=O. The first-order chi connectivity index (χ1) is 30.1. The van der Waals surface area contributed by atoms with Crippen molar-refractivity contribution in [1.82, 2.24) is 0 Å². The summed E-state index contributed by atoms with van der Waals surface area (Å²) in [6, 6.07) is 2.86. The largest absolute Gasteiger partial charge is 0.480 e. The van der Waals surface area contributed by atoms with Crippen LogP contribution in [0, 0.1) is 28.7 Å². The Labute approximate surface area is 385 Å². The summed E-state index contributed by atoms with van der Waals surface area (Å²) in [5, 5.41) is 41.1. The van der Waals surface area contributed by atoms with Crippen LogP contribution < -0.4 is 9.47 Å². The number of fused-ring (bicyclic) bond motifs is 2. The van der Waals surface area contributed by atoms with Gasteiger partial charge in [-0.15, -0.1) is 0 Å². The summed E-state index contributed by atoms with van der Waals surface area (Å²) in [6.45, 7) is 0. The zero-order chi connectivity index (χ0) is 48.7. The second-order valence-electron chi connectivity index (χ2n) is 12.9. The monoisotopic (exact) mass is 1170 g/mol. The van der Waals surface area contributed by atoms with Crippen LogP contribution in [0.2, 0.25) is 0 Å². The molecule has 4 N–H and O–H groups in total. The van der Waals surface area contributed by atoms with Gasteiger partial charge in [-0.3, -0.25) is 14.4 Å². The van der Waals surface area contributed by atoms with Gasteiger partial charge in [-0.2, -0.15) is 8.78 Å². The highest BCUT2D eigenvalue weighted by atomic mass is 79.9. The lowest BCUT2D eigenvalue weighted by Crippen LogP contribution is -2.70. The first-order valence-electron chi connectivity index (χ1n) is 16.4. The molecule has 0 bridgehead atoms. The third kappa shape index (κ3) is 6.87. The molecule has 4 aromatic rings. The highest BCUT2D eigenvalue weighted by molar-refractivity contribution is 9.11. The Morgan fingerprint density at radius 2 is 1.05 bits per heavy atom. The van der Waals surface area contributed by atoms with Crippen molar-refractivity contribution >= 4 is 123 Å². The normalized spacial score (nSPS) is 14.2. The van der Waals surface area contributed by atoms with E-state index in [0.717, 1.165) is 18.2 Å². The van der Waals surface area contributed by atoms with Crippen molar-refractivity contribution in [2.75, 3.05) is 0 Å². The Kier molecular flexibility index (Phi) is 12.2. The van der Waals surface area contributed by atoms with E-state index in [9.17, 15) is 72.8 Å². The highest BCUT2D eigenvalue weighted by Crippen LogP contribution is 2.61. The molecule has 6 rings (SSSR count). The van der Waals surface area contributed by atoms with E-state index in [-0.39, 0.29) is 23.8 Å². The van der Waals surface area contributed by atoms with Gasteiger partial charge in [-0.25, -0.2) is 51.1 Å². The molecule has 65 heavy (non-hydrogen) atoms. The smallest absolute Gasteiger partial charge is 0.376 e. The van der Waals surface area contributed by atoms with Gasteiger partial charge in [0.2, 0.25) is 0 Å². The molecule has 0 saturated heterocycles. The molecule has 0 radical (unpaired) electrons. The van der Waals surface area contributed by atoms with E-state index in [0.29, 0.717) is 0 Å². The summed E-state index contributed by atoms with van der Waals surface area (Å²) in [5.41, 5.74) is -21.1. The van der Waals surface area contributed by atoms with Gasteiger partial charge in [0, 0.05) is 5.56 Å². The minimum absolute atomic E-state index is 0.0426. The van der Waals surface area contributed by atoms with Crippen LogP contribution in [0.25, 0.3) is 0 Å². The van der Waals surface area contributed by atoms with Crippen LogP contribution >= 0.6 is 63.7 Å². The minimum Gasteiger partial charge on any atom is -0.480 e. The third-order valence-electron chi connectivity index (χ3n) is 9.59. The van der Waals surface area contributed by atoms with Crippen molar-refractivity contribution in [3.05, 3.63) is 122 Å². The molecule has 1 atom stereocenters. The maximum Gasteiger partial charge on any atom is 0.376 e. The van der Waals surface area contributed by atoms with E-state index >= 15 is 22.0 Å². The number of alkyl halides is 2. The quantitative estimate of drug-likeness (QED) is 0.0382. The molecule has 0 saturated carbocycles. The predicted octanol–water partition coefficient (Wildman–Crippen LogP) is 6.60. The molecule has 28 heteroatoms. The maximum atomic E-state index is 17.1. The third-order valence-corrected chi connectivity index (χ3v) is 12.2. The summed E-state index contributed by atoms with van der Waals surface area (Å²) >= 11 is 10.3. The molecule has 2 aliphatic heterocycles. The molecule has 0 fully saturated rings. The topological polar surface area (TPSA) is 289 Å². The molecule has 336 valence electrons. The summed E-state index contributed by atoms with van der Waals surface area (Å²) in [5.74, 6) is -41.3. The fourth-order valence-corrected chi connectivity index (χ4v) is 9.38. The van der Waals surface area contributed by atoms with Gasteiger partial charge in [0.25, 0.3) is 5.41 Å². The van der Waals surface area contributed by atoms with Gasteiger partial charge in [0.15, 0.2) is 17.3 Å². The zero-order valence-electron chi connectivity index (χ0n) is 30.2. The van der Waals surface area contributed by atoms with Gasteiger partial charge in [0.1, 0.15) is 34.0 Å². The maximum absolute atomic E-state index is 17.1. The van der Waals surface area contributed by atoms with Crippen molar-refractivity contribution in [2.45, 2.75) is 11.3 Å². The molecule has 2 aliphatic rings. The lowest BCUT2D eigenvalue weighted by molar-refractivity contribution is -0.204. The van der Waals surface area contributed by atoms with Crippen molar-refractivity contribution < 1.29 is 114 Å². The second kappa shape index (κ2) is 16.5. The lowest BCUT2D eigenvalue weighted by Gasteiger charge is -2.46. The van der Waals surface area contributed by atoms with E-state index in [1.807, 2.05) is 0 Å². The Balaban J connectivity index is 1.64. The molecule has 0 amide bonds. The Morgan fingerprint density at radius 1 is 0.569 bits per heavy atom. The molecule has 2 heterocycles. The first-order valence-corrected chi connectivity index (χ1v) is 19.6. The summed E-state index contributed by atoms with van der Waals surface area (Å²) < 4.78 is 112. The van der Waals surface area contributed by atoms with E-state index in [4.69, 9.17) is 9.47 Å². The Hall–Kier alpha value is -6.52. The van der Waals surface area contributed by atoms with Crippen LogP contribution in [0.1, 0.15) is 73.3 Å². The van der Waals surface area contributed by atoms with Crippen molar-refractivity contribution in [1.29, 1.82) is 0 Å². The Bertz CT molecular complexity index is 2920. The van der Waals surface area contributed by atoms with Gasteiger partial charge in [0.05, 0.1) is 40.1 Å². The van der Waals surface area contributed by atoms with Crippen LogP contribution in [-0.2, 0) is 34.1 Å². The van der Waals surface area contributed by atoms with Crippen LogP contribution in [0.4, 0.5) is 26.3 Å². The van der Waals surface area contributed by atoms with Crippen LogP contribution in [-0.4, -0.2) is 86.0 Å². The van der Waals surface area contributed by atoms with Crippen molar-refractivity contribution in [2.24, 2.45) is 5.41 Å². The number of cyclic esters (lactones) is 4. The van der Waals surface area contributed by atoms with E-state index in [1.54, 1.807) is 0 Å². The average molecular weight is 1180 g/mol. The molecular weight excluding hydrogens is 1170 g/mol. The molecule has 0 aliphatic carbocycles. The fourth-order valence-electron chi connectivity index (χ4n) is 6.81. The zero-order valence-corrected chi connectivity index (χ0v) is 36.6. The number of aliphatic carboxylic acids is 4. The number of hydrogen-bond acceptors (Lipinski definition) is 14. The van der Waals surface area contributed by atoms with Crippen molar-refractivity contribution in [3.8, 4) is 11.5 Å². The van der Waals surface area contributed by atoms with Gasteiger partial charge in [-0.1, -0.05) is 0 Å². The van der Waals surface area contributed by atoms with E-state index in [1.165, 1.54) is 0 Å². The van der Waals surface area contributed by atoms with Gasteiger partial charge < -0.3 is 39.4 Å². The number of carboxylic acids is 4. The first kappa shape index (κ1) is 47.9. The average Bonchev–Trinajstić information content (AvgIpc) is 3.69. The predicted molar refractivity (Wildman–Crippen MR) is 205 cm³/mol. The number of ether oxygens (including phenoxy) is 4. The molecule has 4 aromatic carbocycles. The van der Waals surface area contributed by atoms with E-state index in [2.05, 4.69) is 73.2 Å². The van der Waals surface area contributed by atoms with Crippen LogP contribution in [0.5, 0.6) is 11.5 Å². The van der Waals surface area contributed by atoms with Gasteiger partial charge in [-0.05, 0) is 106 Å². The number of halogens is 10. The number of esters is 6. The summed E-state index contributed by atoms with van der Waals surface area (Å²) in [7, 11) is 0. The molecular formula is C37H10Br4F6O18. The summed E-state index contributed by atoms with van der Waals surface area (Å²) in [6.07, 6.45) is 0. The number of benzene rings is 4. The van der Waals surface area contributed by atoms with E-state index < -0.39 is 168 Å². The molecule has 0 aromatic heterocycles. The molecule has 0 spiro atoms. The number of rotatable bonds is 12. The van der Waals surface area contributed by atoms with Crippen molar-refractivity contribution in [3.63, 3.8) is 0 Å². The van der Waals surface area contributed by atoms with Crippen LogP contribution in [0.3, 0.4) is 0 Å². The minimum atomic E-state index is -6.34. The number of carboxylic acid groups (broad SMARTS) is 4. The number of hydrogen-bond donors (Lipinski definition) is 4.